The topological polar surface area (TPSA) is 114 Å². The van der Waals surface area contributed by atoms with E-state index in [4.69, 9.17) is 30.8 Å². The number of sulfonamides is 1. The normalized spacial score (nSPS) is 32.1. The fourth-order valence-electron chi connectivity index (χ4n) is 9.26. The van der Waals surface area contributed by atoms with E-state index in [0.717, 1.165) is 116 Å². The van der Waals surface area contributed by atoms with Gasteiger partial charge in [0.1, 0.15) is 12.3 Å². The van der Waals surface area contributed by atoms with Crippen LogP contribution >= 0.6 is 11.6 Å². The first-order valence-electron chi connectivity index (χ1n) is 19.4. The molecule has 2 saturated heterocycles. The number of nitrogens with zero attached hydrogens (tertiary/aromatic N) is 4. The Hall–Kier alpha value is -2.48. The quantitative estimate of drug-likeness (QED) is 0.451. The number of morpholine rings is 1. The summed E-state index contributed by atoms with van der Waals surface area (Å²) < 4.78 is 48.7. The molecule has 4 aliphatic heterocycles. The number of carbonyl (C=O) groups excluding carboxylic acids is 1. The van der Waals surface area contributed by atoms with Crippen LogP contribution in [-0.4, -0.2) is 112 Å². The third-order valence-corrected chi connectivity index (χ3v) is 14.9. The number of halogens is 1. The maximum atomic E-state index is 13.6. The largest absolute Gasteiger partial charge is 0.485 e. The molecule has 3 fully saturated rings. The Balaban J connectivity index is 1.23. The van der Waals surface area contributed by atoms with Crippen LogP contribution in [0.1, 0.15) is 80.4 Å². The Morgan fingerprint density at radius 3 is 2.69 bits per heavy atom. The average Bonchev–Trinajstić information content (AvgIpc) is 3.15. The number of methoxy groups -OCH3 is 1. The van der Waals surface area contributed by atoms with Crippen molar-refractivity contribution in [2.45, 2.75) is 88.7 Å². The lowest BCUT2D eigenvalue weighted by molar-refractivity contribution is -0.140. The highest BCUT2D eigenvalue weighted by molar-refractivity contribution is 7.90. The lowest BCUT2D eigenvalue weighted by Gasteiger charge is -2.54. The molecule has 7 rings (SSSR count). The lowest BCUT2D eigenvalue weighted by Crippen LogP contribution is -2.63. The van der Waals surface area contributed by atoms with Crippen LogP contribution in [0, 0.1) is 17.8 Å². The molecule has 1 amide bonds. The highest BCUT2D eigenvalue weighted by Crippen LogP contribution is 2.48. The summed E-state index contributed by atoms with van der Waals surface area (Å²) in [7, 11) is -2.08. The lowest BCUT2D eigenvalue weighted by atomic mass is 9.62. The molecule has 5 heterocycles. The monoisotopic (exact) mass is 757 g/mol. The summed E-state index contributed by atoms with van der Waals surface area (Å²) in [6.07, 6.45) is 7.32. The first-order valence-corrected chi connectivity index (χ1v) is 21.3. The van der Waals surface area contributed by atoms with Crippen LogP contribution in [0.25, 0.3) is 0 Å². The number of fused-ring (bicyclic) bond motifs is 4. The van der Waals surface area contributed by atoms with Crippen LogP contribution in [0.15, 0.2) is 30.3 Å². The second kappa shape index (κ2) is 16.1. The number of rotatable bonds is 3. The zero-order valence-electron chi connectivity index (χ0n) is 31.0. The van der Waals surface area contributed by atoms with E-state index < -0.39 is 21.2 Å². The van der Waals surface area contributed by atoms with E-state index in [-0.39, 0.29) is 17.2 Å². The number of amides is 1. The van der Waals surface area contributed by atoms with Crippen LogP contribution in [0.3, 0.4) is 0 Å². The van der Waals surface area contributed by atoms with Crippen molar-refractivity contribution in [3.05, 3.63) is 52.2 Å². The van der Waals surface area contributed by atoms with Gasteiger partial charge in [-0.15, -0.1) is 0 Å². The fourth-order valence-corrected chi connectivity index (χ4v) is 10.8. The molecule has 2 bridgehead atoms. The Kier molecular flexibility index (Phi) is 11.7. The number of nitrogens with one attached hydrogen (secondary N) is 1. The van der Waals surface area contributed by atoms with Gasteiger partial charge < -0.3 is 19.1 Å². The van der Waals surface area contributed by atoms with Gasteiger partial charge in [-0.05, 0) is 105 Å². The molecule has 0 unspecified atom stereocenters. The summed E-state index contributed by atoms with van der Waals surface area (Å²) >= 11 is 6.40. The molecule has 0 spiro atoms. The van der Waals surface area contributed by atoms with Crippen LogP contribution < -0.4 is 14.4 Å². The van der Waals surface area contributed by atoms with Gasteiger partial charge in [0.15, 0.2) is 11.6 Å². The number of aryl methyl sites for hydroxylation is 1. The van der Waals surface area contributed by atoms with Gasteiger partial charge in [-0.3, -0.25) is 14.6 Å². The molecule has 11 nitrogen and oxygen atoms in total. The van der Waals surface area contributed by atoms with Gasteiger partial charge in [-0.1, -0.05) is 31.0 Å². The second-order valence-corrected chi connectivity index (χ2v) is 18.4. The van der Waals surface area contributed by atoms with Gasteiger partial charge in [0.05, 0.1) is 24.1 Å². The Labute approximate surface area is 314 Å². The van der Waals surface area contributed by atoms with Gasteiger partial charge in [0.2, 0.25) is 10.0 Å². The minimum Gasteiger partial charge on any atom is -0.485 e. The minimum atomic E-state index is -3.96. The Morgan fingerprint density at radius 1 is 1.02 bits per heavy atom. The Bertz CT molecular complexity index is 1700. The molecule has 1 aromatic heterocycles. The molecule has 1 aliphatic carbocycles. The number of hydrogen-bond donors (Lipinski definition) is 1. The van der Waals surface area contributed by atoms with Crippen LogP contribution in [0.2, 0.25) is 5.02 Å². The van der Waals surface area contributed by atoms with E-state index in [1.54, 1.807) is 19.1 Å². The standard InChI is InChI=1S/C39H56ClN5O6S/c1-27-7-6-15-39(49-3,26-43-17-18-44-19-20-50-25-33(44)23-43)34-12-10-30(34)22-45-16-5-4-8-29-21-32(40)11-9-31(29)24-51-36-14-13-35(41-37(36)45)38(46)42-52(47,48)28(27)2/h9,11,13-14,21,27-28,30,33-34H,4-8,10,12,15-20,22-26H2,1-3H3,(H,42,46)/t27-,28+,30-,33-,34+,39+/m0/s1. The number of pyridine rings is 1. The second-order valence-electron chi connectivity index (χ2n) is 15.9. The highest BCUT2D eigenvalue weighted by atomic mass is 35.5. The fraction of sp³-hybridized carbons (Fsp3) is 0.692. The van der Waals surface area contributed by atoms with Crippen molar-refractivity contribution in [2.24, 2.45) is 17.8 Å². The molecule has 13 heteroatoms. The molecule has 0 radical (unpaired) electrons. The van der Waals surface area contributed by atoms with E-state index in [0.29, 0.717) is 41.1 Å². The van der Waals surface area contributed by atoms with E-state index >= 15 is 0 Å². The number of ether oxygens (including phenoxy) is 3. The molecule has 5 aliphatic rings. The third kappa shape index (κ3) is 8.12. The molecule has 52 heavy (non-hydrogen) atoms. The summed E-state index contributed by atoms with van der Waals surface area (Å²) in [5.41, 5.74) is 1.93. The predicted octanol–water partition coefficient (Wildman–Crippen LogP) is 5.15. The first kappa shape index (κ1) is 37.8. The summed E-state index contributed by atoms with van der Waals surface area (Å²) in [5.74, 6) is 0.964. The summed E-state index contributed by atoms with van der Waals surface area (Å²) in [6, 6.07) is 9.68. The van der Waals surface area contributed by atoms with Gasteiger partial charge >= 0.3 is 0 Å². The number of piperazine rings is 1. The van der Waals surface area contributed by atoms with E-state index in [1.165, 1.54) is 5.56 Å². The number of carbonyl (C=O) groups is 1. The summed E-state index contributed by atoms with van der Waals surface area (Å²) in [4.78, 5) is 25.9. The van der Waals surface area contributed by atoms with Gasteiger partial charge in [-0.2, -0.15) is 0 Å². The number of anilines is 1. The maximum absolute atomic E-state index is 13.6. The van der Waals surface area contributed by atoms with Crippen molar-refractivity contribution in [3.8, 4) is 5.75 Å². The molecular formula is C39H56ClN5O6S. The third-order valence-electron chi connectivity index (χ3n) is 12.8. The van der Waals surface area contributed by atoms with Crippen molar-refractivity contribution in [1.29, 1.82) is 0 Å². The molecule has 1 saturated carbocycles. The Morgan fingerprint density at radius 2 is 1.88 bits per heavy atom. The predicted molar refractivity (Wildman–Crippen MR) is 203 cm³/mol. The number of aromatic nitrogens is 1. The van der Waals surface area contributed by atoms with E-state index in [9.17, 15) is 13.2 Å². The first-order chi connectivity index (χ1) is 25.0. The summed E-state index contributed by atoms with van der Waals surface area (Å²) in [6.45, 7) is 11.9. The van der Waals surface area contributed by atoms with E-state index in [1.807, 2.05) is 32.2 Å². The zero-order valence-corrected chi connectivity index (χ0v) is 32.6. The van der Waals surface area contributed by atoms with Crippen molar-refractivity contribution in [1.82, 2.24) is 19.5 Å². The number of hydrogen-bond acceptors (Lipinski definition) is 10. The smallest absolute Gasteiger partial charge is 0.283 e. The summed E-state index contributed by atoms with van der Waals surface area (Å²) in [5, 5.41) is -0.0481. The molecule has 1 aromatic carbocycles. The van der Waals surface area contributed by atoms with Gasteiger partial charge in [0.25, 0.3) is 5.91 Å². The molecule has 2 aromatic rings. The van der Waals surface area contributed by atoms with E-state index in [2.05, 4.69) is 19.4 Å². The molecule has 1 N–H and O–H groups in total. The van der Waals surface area contributed by atoms with Crippen molar-refractivity contribution < 1.29 is 27.4 Å². The zero-order chi connectivity index (χ0) is 36.5. The number of benzene rings is 1. The van der Waals surface area contributed by atoms with Crippen molar-refractivity contribution in [2.75, 3.05) is 71.0 Å². The van der Waals surface area contributed by atoms with Crippen molar-refractivity contribution in [3.63, 3.8) is 0 Å². The molecular weight excluding hydrogens is 702 g/mol. The SMILES string of the molecule is CO[C@@]1(CN2CCN3CCOC[C@@H]3C2)CCC[C@H](C)[C@@H](C)S(=O)(=O)NC(=O)c2ccc3c(n2)N(CCCCc2cc(Cl)ccc2CO3)C[C@@H]2CC[C@H]21. The molecule has 286 valence electrons. The van der Waals surface area contributed by atoms with Gasteiger partial charge in [0, 0.05) is 64.0 Å². The van der Waals surface area contributed by atoms with Crippen LogP contribution in [0.4, 0.5) is 5.82 Å². The minimum absolute atomic E-state index is 0.0622. The maximum Gasteiger partial charge on any atom is 0.283 e. The van der Waals surface area contributed by atoms with Crippen LogP contribution in [0.5, 0.6) is 5.75 Å². The highest BCUT2D eigenvalue weighted by Gasteiger charge is 2.50. The average molecular weight is 758 g/mol. The van der Waals surface area contributed by atoms with Crippen molar-refractivity contribution >= 4 is 33.3 Å². The van der Waals surface area contributed by atoms with Gasteiger partial charge in [-0.25, -0.2) is 18.1 Å². The van der Waals surface area contributed by atoms with Crippen LogP contribution in [-0.2, 0) is 32.5 Å². The molecule has 6 atom stereocenters.